The largest absolute Gasteiger partial charge is 0.497 e. The third kappa shape index (κ3) is 3.64. The maximum atomic E-state index is 12.4. The van der Waals surface area contributed by atoms with Crippen LogP contribution in [0.2, 0.25) is 0 Å². The van der Waals surface area contributed by atoms with Crippen LogP contribution >= 0.6 is 11.8 Å². The van der Waals surface area contributed by atoms with E-state index in [1.54, 1.807) is 31.2 Å². The van der Waals surface area contributed by atoms with Gasteiger partial charge in [-0.05, 0) is 31.2 Å². The van der Waals surface area contributed by atoms with Crippen LogP contribution in [0.15, 0.2) is 24.3 Å². The van der Waals surface area contributed by atoms with E-state index in [1.807, 2.05) is 0 Å². The average Bonchev–Trinajstić information content (AvgIpc) is 2.61. The van der Waals surface area contributed by atoms with Gasteiger partial charge < -0.3 is 14.2 Å². The Balaban J connectivity index is 2.42. The molecule has 0 unspecified atom stereocenters. The zero-order valence-corrected chi connectivity index (χ0v) is 14.5. The minimum Gasteiger partial charge on any atom is -0.497 e. The molecule has 0 bridgehead atoms. The standard InChI is InChI=1S/C16H19NO6S/c1-4-23-15(19)13-14(16(20)22-3)24-9-12(18)17(13)10-5-7-11(21-2)8-6-10/h5-8,13-14H,4,9H2,1-3H3/t13-,14-/m1/s1. The van der Waals surface area contributed by atoms with Crippen LogP contribution in [-0.4, -0.2) is 55.7 Å². The second-order valence-corrected chi connectivity index (χ2v) is 6.04. The predicted octanol–water partition coefficient (Wildman–Crippen LogP) is 1.25. The van der Waals surface area contributed by atoms with Gasteiger partial charge in [0, 0.05) is 5.69 Å². The number of anilines is 1. The van der Waals surface area contributed by atoms with Crippen LogP contribution in [0.4, 0.5) is 5.69 Å². The van der Waals surface area contributed by atoms with Crippen molar-refractivity contribution in [3.05, 3.63) is 24.3 Å². The fraction of sp³-hybridized carbons (Fsp3) is 0.438. The Hall–Kier alpha value is -2.22. The van der Waals surface area contributed by atoms with Gasteiger partial charge >= 0.3 is 11.9 Å². The zero-order chi connectivity index (χ0) is 17.7. The molecule has 0 spiro atoms. The van der Waals surface area contributed by atoms with Crippen LogP contribution in [-0.2, 0) is 23.9 Å². The summed E-state index contributed by atoms with van der Waals surface area (Å²) in [6, 6.07) is 5.61. The maximum Gasteiger partial charge on any atom is 0.331 e. The van der Waals surface area contributed by atoms with Gasteiger partial charge in [0.2, 0.25) is 5.91 Å². The van der Waals surface area contributed by atoms with Gasteiger partial charge in [-0.3, -0.25) is 14.5 Å². The highest BCUT2D eigenvalue weighted by atomic mass is 32.2. The van der Waals surface area contributed by atoms with Gasteiger partial charge in [0.1, 0.15) is 11.0 Å². The van der Waals surface area contributed by atoms with Crippen molar-refractivity contribution < 1.29 is 28.6 Å². The summed E-state index contributed by atoms with van der Waals surface area (Å²) in [6.07, 6.45) is 0. The maximum absolute atomic E-state index is 12.4. The molecule has 2 atom stereocenters. The first-order chi connectivity index (χ1) is 11.5. The molecule has 1 aliphatic heterocycles. The summed E-state index contributed by atoms with van der Waals surface area (Å²) in [5.74, 6) is -0.784. The average molecular weight is 353 g/mol. The topological polar surface area (TPSA) is 82.1 Å². The van der Waals surface area contributed by atoms with Crippen molar-refractivity contribution in [1.29, 1.82) is 0 Å². The number of ether oxygens (including phenoxy) is 3. The Morgan fingerprint density at radius 3 is 2.42 bits per heavy atom. The summed E-state index contributed by atoms with van der Waals surface area (Å²) < 4.78 is 15.0. The molecule has 0 aromatic heterocycles. The molecule has 1 fully saturated rings. The normalized spacial score (nSPS) is 20.5. The highest BCUT2D eigenvalue weighted by Crippen LogP contribution is 2.32. The Morgan fingerprint density at radius 2 is 1.88 bits per heavy atom. The lowest BCUT2D eigenvalue weighted by Crippen LogP contribution is -2.58. The molecule has 8 heteroatoms. The molecule has 1 aliphatic rings. The molecule has 2 rings (SSSR count). The van der Waals surface area contributed by atoms with Crippen LogP contribution in [0, 0.1) is 0 Å². The van der Waals surface area contributed by atoms with E-state index >= 15 is 0 Å². The lowest BCUT2D eigenvalue weighted by Gasteiger charge is -2.37. The monoisotopic (exact) mass is 353 g/mol. The summed E-state index contributed by atoms with van der Waals surface area (Å²) in [5, 5.41) is -0.839. The number of esters is 2. The number of rotatable bonds is 5. The van der Waals surface area contributed by atoms with Crippen molar-refractivity contribution in [3.8, 4) is 5.75 Å². The van der Waals surface area contributed by atoms with Crippen LogP contribution in [0.5, 0.6) is 5.75 Å². The molecular formula is C16H19NO6S. The summed E-state index contributed by atoms with van der Waals surface area (Å²) in [7, 11) is 2.78. The van der Waals surface area contributed by atoms with Crippen LogP contribution in [0.25, 0.3) is 0 Å². The third-order valence-electron chi connectivity index (χ3n) is 3.53. The number of methoxy groups -OCH3 is 2. The number of thioether (sulfide) groups is 1. The summed E-state index contributed by atoms with van der Waals surface area (Å²) in [4.78, 5) is 38.2. The Morgan fingerprint density at radius 1 is 1.21 bits per heavy atom. The van der Waals surface area contributed by atoms with E-state index in [9.17, 15) is 14.4 Å². The number of hydrogen-bond donors (Lipinski definition) is 0. The SMILES string of the molecule is CCOC(=O)[C@H]1[C@H](C(=O)OC)SCC(=O)N1c1ccc(OC)cc1. The van der Waals surface area contributed by atoms with Gasteiger partial charge in [-0.1, -0.05) is 0 Å². The molecule has 7 nitrogen and oxygen atoms in total. The summed E-state index contributed by atoms with van der Waals surface area (Å²) in [6.45, 7) is 1.82. The Bertz CT molecular complexity index is 617. The minimum absolute atomic E-state index is 0.0711. The van der Waals surface area contributed by atoms with Crippen molar-refractivity contribution in [2.24, 2.45) is 0 Å². The minimum atomic E-state index is -1.07. The van der Waals surface area contributed by atoms with Gasteiger partial charge in [-0.25, -0.2) is 4.79 Å². The molecule has 0 radical (unpaired) electrons. The van der Waals surface area contributed by atoms with E-state index in [0.29, 0.717) is 11.4 Å². The first kappa shape index (κ1) is 18.1. The Labute approximate surface area is 144 Å². The first-order valence-electron chi connectivity index (χ1n) is 7.35. The molecule has 1 amide bonds. The van der Waals surface area contributed by atoms with E-state index < -0.39 is 23.2 Å². The first-order valence-corrected chi connectivity index (χ1v) is 8.40. The van der Waals surface area contributed by atoms with Crippen LogP contribution < -0.4 is 9.64 Å². The second-order valence-electron chi connectivity index (χ2n) is 4.91. The number of benzene rings is 1. The number of carbonyl (C=O) groups excluding carboxylic acids is 3. The molecule has 0 N–H and O–H groups in total. The van der Waals surface area contributed by atoms with E-state index in [1.165, 1.54) is 19.1 Å². The number of hydrogen-bond acceptors (Lipinski definition) is 7. The quantitative estimate of drug-likeness (QED) is 0.737. The predicted molar refractivity (Wildman–Crippen MR) is 89.2 cm³/mol. The molecule has 130 valence electrons. The van der Waals surface area contributed by atoms with Crippen LogP contribution in [0.3, 0.4) is 0 Å². The third-order valence-corrected chi connectivity index (χ3v) is 4.76. The van der Waals surface area contributed by atoms with Gasteiger partial charge in [-0.2, -0.15) is 0 Å². The number of nitrogens with zero attached hydrogens (tertiary/aromatic N) is 1. The lowest BCUT2D eigenvalue weighted by atomic mass is 10.1. The molecular weight excluding hydrogens is 334 g/mol. The fourth-order valence-electron chi connectivity index (χ4n) is 2.43. The van der Waals surface area contributed by atoms with Crippen molar-refractivity contribution >= 4 is 35.3 Å². The van der Waals surface area contributed by atoms with E-state index in [0.717, 1.165) is 11.8 Å². The van der Waals surface area contributed by atoms with Crippen LogP contribution in [0.1, 0.15) is 6.92 Å². The summed E-state index contributed by atoms with van der Waals surface area (Å²) in [5.41, 5.74) is 0.494. The van der Waals surface area contributed by atoms with Gasteiger partial charge in [0.25, 0.3) is 0 Å². The van der Waals surface area contributed by atoms with E-state index in [4.69, 9.17) is 14.2 Å². The smallest absolute Gasteiger partial charge is 0.331 e. The summed E-state index contributed by atoms with van der Waals surface area (Å²) >= 11 is 1.08. The lowest BCUT2D eigenvalue weighted by molar-refractivity contribution is -0.150. The Kier molecular flexibility index (Phi) is 6.08. The molecule has 1 saturated heterocycles. The highest BCUT2D eigenvalue weighted by Gasteiger charge is 2.47. The molecule has 1 aromatic rings. The number of amides is 1. The van der Waals surface area contributed by atoms with Gasteiger partial charge in [0.05, 0.1) is 26.6 Å². The number of carbonyl (C=O) groups is 3. The van der Waals surface area contributed by atoms with Crippen molar-refractivity contribution in [2.75, 3.05) is 31.5 Å². The van der Waals surface area contributed by atoms with E-state index in [-0.39, 0.29) is 18.3 Å². The van der Waals surface area contributed by atoms with Crippen molar-refractivity contribution in [2.45, 2.75) is 18.2 Å². The van der Waals surface area contributed by atoms with Crippen molar-refractivity contribution in [3.63, 3.8) is 0 Å². The highest BCUT2D eigenvalue weighted by molar-refractivity contribution is 8.01. The molecule has 1 aromatic carbocycles. The second kappa shape index (κ2) is 8.05. The molecule has 0 saturated carbocycles. The van der Waals surface area contributed by atoms with Gasteiger partial charge in [0.15, 0.2) is 6.04 Å². The molecule has 24 heavy (non-hydrogen) atoms. The molecule has 0 aliphatic carbocycles. The van der Waals surface area contributed by atoms with E-state index in [2.05, 4.69) is 0 Å². The molecule has 1 heterocycles. The zero-order valence-electron chi connectivity index (χ0n) is 13.7. The fourth-order valence-corrected chi connectivity index (χ4v) is 3.54. The van der Waals surface area contributed by atoms with Gasteiger partial charge in [-0.15, -0.1) is 11.8 Å². The van der Waals surface area contributed by atoms with Crippen molar-refractivity contribution in [1.82, 2.24) is 0 Å².